The Morgan fingerprint density at radius 1 is 0.545 bits per heavy atom. The Hall–Kier alpha value is -2.18. The van der Waals surface area contributed by atoms with Crippen molar-refractivity contribution in [3.05, 3.63) is 48.6 Å². The minimum absolute atomic E-state index is 0.140. The van der Waals surface area contributed by atoms with Crippen LogP contribution < -0.4 is 0 Å². The molecular formula is C38H66O6. The zero-order valence-corrected chi connectivity index (χ0v) is 28.3. The van der Waals surface area contributed by atoms with Gasteiger partial charge < -0.3 is 19.7 Å². The summed E-state index contributed by atoms with van der Waals surface area (Å²) in [7, 11) is 0. The van der Waals surface area contributed by atoms with E-state index in [1.54, 1.807) is 0 Å². The Morgan fingerprint density at radius 3 is 1.45 bits per heavy atom. The van der Waals surface area contributed by atoms with E-state index in [0.29, 0.717) is 25.9 Å². The summed E-state index contributed by atoms with van der Waals surface area (Å²) in [5, 5.41) is 18.7. The normalized spacial score (nSPS) is 12.8. The van der Waals surface area contributed by atoms with Crippen molar-refractivity contribution in [2.24, 2.45) is 5.92 Å². The number of hydrogen-bond acceptors (Lipinski definition) is 6. The number of allylic oxidation sites excluding steroid dienone is 8. The fourth-order valence-corrected chi connectivity index (χ4v) is 4.59. The number of ether oxygens (including phenoxy) is 2. The summed E-state index contributed by atoms with van der Waals surface area (Å²) in [5.41, 5.74) is 0. The summed E-state index contributed by atoms with van der Waals surface area (Å²) < 4.78 is 10.2. The molecule has 0 aromatic rings. The first-order chi connectivity index (χ1) is 21.5. The van der Waals surface area contributed by atoms with Crippen molar-refractivity contribution in [2.75, 3.05) is 19.8 Å². The predicted octanol–water partition coefficient (Wildman–Crippen LogP) is 9.50. The van der Waals surface area contributed by atoms with E-state index < -0.39 is 6.10 Å². The second kappa shape index (κ2) is 33.7. The monoisotopic (exact) mass is 618 g/mol. The molecule has 0 amide bonds. The van der Waals surface area contributed by atoms with Gasteiger partial charge in [0.15, 0.2) is 0 Å². The van der Waals surface area contributed by atoms with Crippen LogP contribution in [-0.4, -0.2) is 48.1 Å². The summed E-state index contributed by atoms with van der Waals surface area (Å²) in [4.78, 5) is 23.8. The SMILES string of the molecule is CC(C)CCCCCCCCCCCC(=O)OC[C@H](O)COC(=O)CCC/C=C\C/C=C\C/C=C\C/C=C\CCCCCO. The van der Waals surface area contributed by atoms with Crippen LogP contribution in [0.25, 0.3) is 0 Å². The van der Waals surface area contributed by atoms with Gasteiger partial charge >= 0.3 is 11.9 Å². The fraction of sp³-hybridized carbons (Fsp3) is 0.737. The molecule has 44 heavy (non-hydrogen) atoms. The first-order valence-corrected chi connectivity index (χ1v) is 17.7. The van der Waals surface area contributed by atoms with E-state index in [0.717, 1.165) is 76.5 Å². The molecule has 0 radical (unpaired) electrons. The molecule has 6 nitrogen and oxygen atoms in total. The van der Waals surface area contributed by atoms with Crippen molar-refractivity contribution in [2.45, 2.75) is 155 Å². The topological polar surface area (TPSA) is 93.1 Å². The van der Waals surface area contributed by atoms with Crippen LogP contribution in [0.5, 0.6) is 0 Å². The average molecular weight is 619 g/mol. The lowest BCUT2D eigenvalue weighted by atomic mass is 10.0. The predicted molar refractivity (Wildman–Crippen MR) is 183 cm³/mol. The summed E-state index contributed by atoms with van der Waals surface area (Å²) in [6.07, 6.45) is 37.5. The lowest BCUT2D eigenvalue weighted by Gasteiger charge is -2.12. The molecule has 0 rings (SSSR count). The molecule has 0 saturated heterocycles. The molecule has 6 heteroatoms. The number of carbonyl (C=O) groups excluding carboxylic acids is 2. The van der Waals surface area contributed by atoms with Crippen LogP contribution in [0.1, 0.15) is 149 Å². The summed E-state index contributed by atoms with van der Waals surface area (Å²) >= 11 is 0. The summed E-state index contributed by atoms with van der Waals surface area (Å²) in [5.74, 6) is 0.165. The molecule has 0 saturated carbocycles. The molecule has 1 atom stereocenters. The maximum absolute atomic E-state index is 11.9. The lowest BCUT2D eigenvalue weighted by Crippen LogP contribution is -2.25. The van der Waals surface area contributed by atoms with Crippen LogP contribution >= 0.6 is 0 Å². The Bertz CT molecular complexity index is 767. The van der Waals surface area contributed by atoms with Gasteiger partial charge in [0.2, 0.25) is 0 Å². The van der Waals surface area contributed by atoms with Crippen LogP contribution in [0.3, 0.4) is 0 Å². The van der Waals surface area contributed by atoms with E-state index in [9.17, 15) is 14.7 Å². The smallest absolute Gasteiger partial charge is 0.305 e. The van der Waals surface area contributed by atoms with Crippen LogP contribution in [0.2, 0.25) is 0 Å². The van der Waals surface area contributed by atoms with Gasteiger partial charge in [-0.1, -0.05) is 127 Å². The number of aliphatic hydroxyl groups excluding tert-OH is 2. The number of unbranched alkanes of at least 4 members (excludes halogenated alkanes) is 12. The van der Waals surface area contributed by atoms with Gasteiger partial charge in [0.25, 0.3) is 0 Å². The van der Waals surface area contributed by atoms with E-state index in [1.807, 2.05) is 0 Å². The Balaban J connectivity index is 3.57. The van der Waals surface area contributed by atoms with Crippen molar-refractivity contribution >= 4 is 11.9 Å². The van der Waals surface area contributed by atoms with Crippen molar-refractivity contribution in [3.8, 4) is 0 Å². The minimum atomic E-state index is -0.991. The fourth-order valence-electron chi connectivity index (χ4n) is 4.59. The average Bonchev–Trinajstić information content (AvgIpc) is 3.00. The quantitative estimate of drug-likeness (QED) is 0.0457. The highest BCUT2D eigenvalue weighted by Gasteiger charge is 2.12. The van der Waals surface area contributed by atoms with E-state index in [1.165, 1.54) is 44.9 Å². The molecule has 2 N–H and O–H groups in total. The molecule has 0 aliphatic rings. The third-order valence-electron chi connectivity index (χ3n) is 7.30. The standard InChI is InChI=1S/C38H66O6/c1-35(2)29-25-21-17-13-12-15-19-23-27-31-38(42)44-34-36(40)33-43-37(41)30-26-22-18-14-10-8-6-4-3-5-7-9-11-16-20-24-28-32-39/h3,5-6,8-9,11,14,18,35-36,39-40H,4,7,10,12-13,15-17,19-34H2,1-2H3/b5-3-,8-6-,11-9-,18-14-/t36-/m1/s1. The zero-order chi connectivity index (χ0) is 32.4. The van der Waals surface area contributed by atoms with Gasteiger partial charge in [-0.3, -0.25) is 9.59 Å². The molecule has 0 aliphatic heterocycles. The molecular weight excluding hydrogens is 552 g/mol. The van der Waals surface area contributed by atoms with E-state index in [4.69, 9.17) is 14.6 Å². The molecule has 0 fully saturated rings. The third kappa shape index (κ3) is 34.3. The highest BCUT2D eigenvalue weighted by Crippen LogP contribution is 2.13. The van der Waals surface area contributed by atoms with Crippen LogP contribution in [0.15, 0.2) is 48.6 Å². The number of carbonyl (C=O) groups is 2. The molecule has 0 unspecified atom stereocenters. The van der Waals surface area contributed by atoms with Gasteiger partial charge in [0, 0.05) is 19.4 Å². The van der Waals surface area contributed by atoms with E-state index in [2.05, 4.69) is 62.5 Å². The van der Waals surface area contributed by atoms with Gasteiger partial charge in [-0.25, -0.2) is 0 Å². The molecule has 0 bridgehead atoms. The first-order valence-electron chi connectivity index (χ1n) is 17.7. The molecule has 0 spiro atoms. The summed E-state index contributed by atoms with van der Waals surface area (Å²) in [6, 6.07) is 0. The second-order valence-corrected chi connectivity index (χ2v) is 12.2. The molecule has 0 heterocycles. The number of hydrogen-bond donors (Lipinski definition) is 2. The van der Waals surface area contributed by atoms with Crippen LogP contribution in [0, 0.1) is 5.92 Å². The van der Waals surface area contributed by atoms with Gasteiger partial charge in [0.05, 0.1) is 0 Å². The van der Waals surface area contributed by atoms with Gasteiger partial charge in [-0.15, -0.1) is 0 Å². The van der Waals surface area contributed by atoms with Crippen molar-refractivity contribution in [1.29, 1.82) is 0 Å². The Morgan fingerprint density at radius 2 is 0.955 bits per heavy atom. The van der Waals surface area contributed by atoms with E-state index >= 15 is 0 Å². The minimum Gasteiger partial charge on any atom is -0.463 e. The Kier molecular flexibility index (Phi) is 32.0. The first kappa shape index (κ1) is 41.8. The summed E-state index contributed by atoms with van der Waals surface area (Å²) in [6.45, 7) is 4.57. The molecule has 0 aromatic carbocycles. The van der Waals surface area contributed by atoms with Crippen molar-refractivity contribution < 1.29 is 29.3 Å². The molecule has 0 aromatic heterocycles. The van der Waals surface area contributed by atoms with E-state index in [-0.39, 0.29) is 25.2 Å². The van der Waals surface area contributed by atoms with Gasteiger partial charge in [-0.2, -0.15) is 0 Å². The van der Waals surface area contributed by atoms with Crippen LogP contribution in [-0.2, 0) is 19.1 Å². The maximum atomic E-state index is 11.9. The van der Waals surface area contributed by atoms with Crippen molar-refractivity contribution in [1.82, 2.24) is 0 Å². The largest absolute Gasteiger partial charge is 0.463 e. The number of rotatable bonds is 31. The second-order valence-electron chi connectivity index (χ2n) is 12.2. The highest BCUT2D eigenvalue weighted by atomic mass is 16.6. The highest BCUT2D eigenvalue weighted by molar-refractivity contribution is 5.69. The zero-order valence-electron chi connectivity index (χ0n) is 28.3. The number of esters is 2. The van der Waals surface area contributed by atoms with Gasteiger partial charge in [-0.05, 0) is 63.7 Å². The molecule has 0 aliphatic carbocycles. The molecule has 254 valence electrons. The van der Waals surface area contributed by atoms with Crippen LogP contribution in [0.4, 0.5) is 0 Å². The lowest BCUT2D eigenvalue weighted by molar-refractivity contribution is -0.152. The van der Waals surface area contributed by atoms with Crippen molar-refractivity contribution in [3.63, 3.8) is 0 Å². The maximum Gasteiger partial charge on any atom is 0.305 e. The Labute approximate surface area is 270 Å². The third-order valence-corrected chi connectivity index (χ3v) is 7.30. The number of aliphatic hydroxyl groups is 2. The van der Waals surface area contributed by atoms with Gasteiger partial charge in [0.1, 0.15) is 19.3 Å².